The Morgan fingerprint density at radius 3 is 2.58 bits per heavy atom. The molecule has 1 aliphatic rings. The van der Waals surface area contributed by atoms with Gasteiger partial charge in [0.2, 0.25) is 11.8 Å². The molecular formula is C18H13N5O. The highest BCUT2D eigenvalue weighted by Gasteiger charge is 2.35. The molecule has 1 aromatic carbocycles. The van der Waals surface area contributed by atoms with E-state index in [4.69, 9.17) is 10.5 Å². The van der Waals surface area contributed by atoms with Crippen molar-refractivity contribution in [1.82, 2.24) is 15.2 Å². The first-order valence-corrected chi connectivity index (χ1v) is 7.40. The van der Waals surface area contributed by atoms with Gasteiger partial charge in [0.05, 0.1) is 17.2 Å². The van der Waals surface area contributed by atoms with Gasteiger partial charge in [0.1, 0.15) is 11.6 Å². The summed E-state index contributed by atoms with van der Waals surface area (Å²) in [5, 5.41) is 16.9. The lowest BCUT2D eigenvalue weighted by Crippen LogP contribution is -2.21. The maximum Gasteiger partial charge on any atom is 0.244 e. The van der Waals surface area contributed by atoms with Gasteiger partial charge in [0.25, 0.3) is 0 Å². The van der Waals surface area contributed by atoms with E-state index in [1.165, 1.54) is 0 Å². The van der Waals surface area contributed by atoms with E-state index >= 15 is 0 Å². The number of hydrogen-bond donors (Lipinski definition) is 2. The van der Waals surface area contributed by atoms with Crippen LogP contribution in [0.5, 0.6) is 5.88 Å². The number of H-pyrrole nitrogens is 1. The molecule has 0 fully saturated rings. The van der Waals surface area contributed by atoms with Crippen LogP contribution in [0.3, 0.4) is 0 Å². The van der Waals surface area contributed by atoms with Crippen LogP contribution < -0.4 is 10.5 Å². The fraction of sp³-hybridized carbons (Fsp3) is 0.0556. The average molecular weight is 315 g/mol. The molecule has 24 heavy (non-hydrogen) atoms. The fourth-order valence-corrected chi connectivity index (χ4v) is 2.96. The van der Waals surface area contributed by atoms with E-state index in [1.807, 2.05) is 42.5 Å². The Morgan fingerprint density at radius 2 is 1.88 bits per heavy atom. The molecule has 0 saturated heterocycles. The van der Waals surface area contributed by atoms with Crippen LogP contribution >= 0.6 is 0 Å². The molecule has 3 aromatic rings. The first-order chi connectivity index (χ1) is 11.8. The Bertz CT molecular complexity index is 954. The lowest BCUT2D eigenvalue weighted by atomic mass is 9.83. The molecule has 3 N–H and O–H groups in total. The van der Waals surface area contributed by atoms with Crippen molar-refractivity contribution in [2.45, 2.75) is 5.92 Å². The summed E-state index contributed by atoms with van der Waals surface area (Å²) in [7, 11) is 0. The van der Waals surface area contributed by atoms with E-state index in [-0.39, 0.29) is 11.8 Å². The van der Waals surface area contributed by atoms with Crippen molar-refractivity contribution in [3.63, 3.8) is 0 Å². The van der Waals surface area contributed by atoms with Crippen LogP contribution in [0.25, 0.3) is 11.3 Å². The van der Waals surface area contributed by atoms with Crippen molar-refractivity contribution in [2.24, 2.45) is 5.73 Å². The highest BCUT2D eigenvalue weighted by Crippen LogP contribution is 2.45. The van der Waals surface area contributed by atoms with E-state index in [9.17, 15) is 5.26 Å². The third kappa shape index (κ3) is 2.11. The lowest BCUT2D eigenvalue weighted by molar-refractivity contribution is 0.379. The van der Waals surface area contributed by atoms with Gasteiger partial charge in [-0.2, -0.15) is 5.26 Å². The van der Waals surface area contributed by atoms with Crippen LogP contribution in [-0.4, -0.2) is 15.2 Å². The molecule has 0 saturated carbocycles. The SMILES string of the molecule is N#CC1=C(N)Oc2n[nH]c(-c3ccccc3)c2[C@H]1c1ccncc1. The summed E-state index contributed by atoms with van der Waals surface area (Å²) in [5.74, 6) is 0.126. The van der Waals surface area contributed by atoms with Crippen LogP contribution in [-0.2, 0) is 0 Å². The number of nitrogens with one attached hydrogen (secondary N) is 1. The maximum atomic E-state index is 9.60. The summed E-state index contributed by atoms with van der Waals surface area (Å²) < 4.78 is 5.57. The Hall–Kier alpha value is -3.59. The van der Waals surface area contributed by atoms with Crippen molar-refractivity contribution < 1.29 is 4.74 Å². The van der Waals surface area contributed by atoms with Gasteiger partial charge in [0, 0.05) is 12.4 Å². The molecule has 0 aliphatic carbocycles. The van der Waals surface area contributed by atoms with Crippen molar-refractivity contribution in [3.05, 3.63) is 77.4 Å². The van der Waals surface area contributed by atoms with Crippen molar-refractivity contribution in [2.75, 3.05) is 0 Å². The van der Waals surface area contributed by atoms with Crippen molar-refractivity contribution >= 4 is 0 Å². The first kappa shape index (κ1) is 14.0. The van der Waals surface area contributed by atoms with E-state index in [1.54, 1.807) is 12.4 Å². The highest BCUT2D eigenvalue weighted by molar-refractivity contribution is 5.70. The average Bonchev–Trinajstić information content (AvgIpc) is 3.05. The van der Waals surface area contributed by atoms with Crippen LogP contribution in [0.4, 0.5) is 0 Å². The molecule has 0 spiro atoms. The van der Waals surface area contributed by atoms with Gasteiger partial charge >= 0.3 is 0 Å². The van der Waals surface area contributed by atoms with Crippen molar-refractivity contribution in [3.8, 4) is 23.2 Å². The molecule has 6 nitrogen and oxygen atoms in total. The zero-order valence-corrected chi connectivity index (χ0v) is 12.6. The van der Waals surface area contributed by atoms with Crippen LogP contribution in [0.2, 0.25) is 0 Å². The second kappa shape index (κ2) is 5.56. The Balaban J connectivity index is 1.96. The normalized spacial score (nSPS) is 16.2. The fourth-order valence-electron chi connectivity index (χ4n) is 2.96. The number of pyridine rings is 1. The summed E-state index contributed by atoms with van der Waals surface area (Å²) in [5.41, 5.74) is 9.80. The number of rotatable bonds is 2. The topological polar surface area (TPSA) is 101 Å². The maximum absolute atomic E-state index is 9.60. The number of nitriles is 1. The van der Waals surface area contributed by atoms with Crippen LogP contribution in [0.15, 0.2) is 66.3 Å². The van der Waals surface area contributed by atoms with Gasteiger partial charge in [-0.25, -0.2) is 0 Å². The minimum atomic E-state index is -0.351. The smallest absolute Gasteiger partial charge is 0.244 e. The minimum Gasteiger partial charge on any atom is -0.420 e. The second-order valence-electron chi connectivity index (χ2n) is 5.39. The standard InChI is InChI=1S/C18H13N5O/c19-10-13-14(11-6-8-21-9-7-11)15-16(12-4-2-1-3-5-12)22-23-18(15)24-17(13)20/h1-9,14H,20H2,(H,22,23)/t14-/m0/s1. The number of nitrogens with two attached hydrogens (primary N) is 1. The third-order valence-corrected chi connectivity index (χ3v) is 4.04. The van der Waals surface area contributed by atoms with Gasteiger partial charge in [-0.3, -0.25) is 10.1 Å². The first-order valence-electron chi connectivity index (χ1n) is 7.40. The third-order valence-electron chi connectivity index (χ3n) is 4.04. The van der Waals surface area contributed by atoms with E-state index < -0.39 is 0 Å². The minimum absolute atomic E-state index is 0.0814. The summed E-state index contributed by atoms with van der Waals surface area (Å²) in [6, 6.07) is 15.7. The molecule has 3 heterocycles. The summed E-state index contributed by atoms with van der Waals surface area (Å²) in [6.07, 6.45) is 3.38. The lowest BCUT2D eigenvalue weighted by Gasteiger charge is -2.23. The zero-order chi connectivity index (χ0) is 16.5. The molecule has 0 amide bonds. The molecule has 1 atom stereocenters. The molecule has 4 rings (SSSR count). The van der Waals surface area contributed by atoms with Gasteiger partial charge in [0.15, 0.2) is 0 Å². The molecule has 2 aromatic heterocycles. The van der Waals surface area contributed by atoms with Crippen LogP contribution in [0, 0.1) is 11.3 Å². The van der Waals surface area contributed by atoms with Crippen LogP contribution in [0.1, 0.15) is 17.0 Å². The predicted molar refractivity (Wildman–Crippen MR) is 87.6 cm³/mol. The molecule has 0 bridgehead atoms. The molecule has 0 radical (unpaired) electrons. The highest BCUT2D eigenvalue weighted by atomic mass is 16.5. The number of fused-ring (bicyclic) bond motifs is 1. The predicted octanol–water partition coefficient (Wildman–Crippen LogP) is 2.69. The Labute approximate surface area is 138 Å². The quantitative estimate of drug-likeness (QED) is 0.757. The summed E-state index contributed by atoms with van der Waals surface area (Å²) >= 11 is 0. The number of benzene rings is 1. The number of ether oxygens (including phenoxy) is 1. The molecule has 6 heteroatoms. The monoisotopic (exact) mass is 315 g/mol. The molecule has 0 unspecified atom stereocenters. The Kier molecular flexibility index (Phi) is 3.25. The van der Waals surface area contributed by atoms with Gasteiger partial charge in [-0.1, -0.05) is 30.3 Å². The molecule has 1 aliphatic heterocycles. The molecule has 116 valence electrons. The van der Waals surface area contributed by atoms with Gasteiger partial charge in [-0.15, -0.1) is 5.10 Å². The number of aromatic nitrogens is 3. The largest absolute Gasteiger partial charge is 0.420 e. The van der Waals surface area contributed by atoms with E-state index in [2.05, 4.69) is 21.3 Å². The number of aromatic amines is 1. The second-order valence-corrected chi connectivity index (χ2v) is 5.39. The summed E-state index contributed by atoms with van der Waals surface area (Å²) in [6.45, 7) is 0. The van der Waals surface area contributed by atoms with Gasteiger partial charge < -0.3 is 10.5 Å². The van der Waals surface area contributed by atoms with Crippen molar-refractivity contribution in [1.29, 1.82) is 5.26 Å². The zero-order valence-electron chi connectivity index (χ0n) is 12.6. The Morgan fingerprint density at radius 1 is 1.12 bits per heavy atom. The number of nitrogens with zero attached hydrogens (tertiary/aromatic N) is 3. The molecular weight excluding hydrogens is 302 g/mol. The number of allylic oxidation sites excluding steroid dienone is 1. The number of hydrogen-bond acceptors (Lipinski definition) is 5. The van der Waals surface area contributed by atoms with E-state index in [0.717, 1.165) is 22.4 Å². The van der Waals surface area contributed by atoms with Gasteiger partial charge in [-0.05, 0) is 23.3 Å². The van der Waals surface area contributed by atoms with E-state index in [0.29, 0.717) is 11.5 Å². The summed E-state index contributed by atoms with van der Waals surface area (Å²) in [4.78, 5) is 4.05.